The molecule has 0 radical (unpaired) electrons. The molecule has 0 unspecified atom stereocenters. The van der Waals surface area contributed by atoms with Crippen molar-refractivity contribution in [3.8, 4) is 11.5 Å². The third-order valence-corrected chi connectivity index (χ3v) is 5.32. The number of amides is 2. The van der Waals surface area contributed by atoms with Gasteiger partial charge in [0, 0.05) is 41.2 Å². The molecule has 0 atom stereocenters. The van der Waals surface area contributed by atoms with Gasteiger partial charge in [-0.05, 0) is 49.2 Å². The fourth-order valence-electron chi connectivity index (χ4n) is 3.30. The summed E-state index contributed by atoms with van der Waals surface area (Å²) in [5.41, 5.74) is 3.91. The van der Waals surface area contributed by atoms with Crippen LogP contribution < -0.4 is 14.9 Å². The molecule has 1 aliphatic heterocycles. The predicted octanol–water partition coefficient (Wildman–Crippen LogP) is 3.36. The number of rotatable bonds is 6. The Morgan fingerprint density at radius 2 is 1.80 bits per heavy atom. The number of hydrogen-bond donors (Lipinski definition) is 1. The van der Waals surface area contributed by atoms with Crippen molar-refractivity contribution in [2.45, 2.75) is 12.8 Å². The van der Waals surface area contributed by atoms with Crippen molar-refractivity contribution >= 4 is 29.6 Å². The number of nitrogens with zero attached hydrogens (tertiary/aromatic N) is 2. The fraction of sp³-hybridized carbons (Fsp3) is 0.318. The van der Waals surface area contributed by atoms with Crippen LogP contribution >= 0.6 is 11.6 Å². The maximum atomic E-state index is 12.6. The van der Waals surface area contributed by atoms with Crippen molar-refractivity contribution in [2.24, 2.45) is 11.0 Å². The summed E-state index contributed by atoms with van der Waals surface area (Å²) in [5, 5.41) is 4.64. The highest BCUT2D eigenvalue weighted by molar-refractivity contribution is 6.30. The van der Waals surface area contributed by atoms with E-state index in [1.54, 1.807) is 61.6 Å². The number of likely N-dealkylation sites (tertiary alicyclic amines) is 1. The average molecular weight is 430 g/mol. The first-order valence-corrected chi connectivity index (χ1v) is 9.99. The van der Waals surface area contributed by atoms with Crippen molar-refractivity contribution in [1.29, 1.82) is 0 Å². The van der Waals surface area contributed by atoms with E-state index in [0.717, 1.165) is 5.56 Å². The molecule has 158 valence electrons. The van der Waals surface area contributed by atoms with E-state index in [1.165, 1.54) is 6.21 Å². The molecule has 0 spiro atoms. The molecular formula is C22H24ClN3O4. The minimum absolute atomic E-state index is 0.0462. The molecule has 1 aliphatic rings. The van der Waals surface area contributed by atoms with Gasteiger partial charge in [-0.15, -0.1) is 0 Å². The molecule has 0 aromatic heterocycles. The second-order valence-electron chi connectivity index (χ2n) is 6.92. The van der Waals surface area contributed by atoms with Gasteiger partial charge in [-0.2, -0.15) is 5.10 Å². The van der Waals surface area contributed by atoms with E-state index in [4.69, 9.17) is 21.1 Å². The molecule has 0 saturated carbocycles. The molecule has 2 amide bonds. The van der Waals surface area contributed by atoms with Crippen molar-refractivity contribution in [3.05, 3.63) is 58.6 Å². The van der Waals surface area contributed by atoms with Crippen LogP contribution in [0.4, 0.5) is 0 Å². The molecule has 1 saturated heterocycles. The molecule has 30 heavy (non-hydrogen) atoms. The molecule has 7 nitrogen and oxygen atoms in total. The lowest BCUT2D eigenvalue weighted by Gasteiger charge is -2.31. The first-order valence-electron chi connectivity index (χ1n) is 9.61. The normalized spacial score (nSPS) is 14.6. The van der Waals surface area contributed by atoms with Crippen LogP contribution in [0.15, 0.2) is 47.6 Å². The summed E-state index contributed by atoms with van der Waals surface area (Å²) in [7, 11) is 3.14. The number of benzene rings is 2. The van der Waals surface area contributed by atoms with E-state index in [2.05, 4.69) is 10.5 Å². The van der Waals surface area contributed by atoms with Crippen LogP contribution in [-0.2, 0) is 4.79 Å². The molecule has 1 N–H and O–H groups in total. The van der Waals surface area contributed by atoms with Gasteiger partial charge in [-0.25, -0.2) is 5.43 Å². The average Bonchev–Trinajstić information content (AvgIpc) is 2.79. The van der Waals surface area contributed by atoms with Crippen LogP contribution in [-0.4, -0.2) is 50.2 Å². The Balaban J connectivity index is 1.51. The zero-order valence-electron chi connectivity index (χ0n) is 16.9. The van der Waals surface area contributed by atoms with Gasteiger partial charge in [-0.1, -0.05) is 11.6 Å². The number of methoxy groups -OCH3 is 2. The molecule has 3 rings (SSSR count). The van der Waals surface area contributed by atoms with E-state index in [1.807, 2.05) is 0 Å². The number of hydrogen-bond acceptors (Lipinski definition) is 5. The number of nitrogens with one attached hydrogen (secondary N) is 1. The van der Waals surface area contributed by atoms with Crippen molar-refractivity contribution in [1.82, 2.24) is 10.3 Å². The molecular weight excluding hydrogens is 406 g/mol. The van der Waals surface area contributed by atoms with Gasteiger partial charge in [0.25, 0.3) is 5.91 Å². The van der Waals surface area contributed by atoms with Gasteiger partial charge in [0.05, 0.1) is 20.4 Å². The third-order valence-electron chi connectivity index (χ3n) is 5.06. The summed E-state index contributed by atoms with van der Waals surface area (Å²) in [5.74, 6) is 0.885. The Kier molecular flexibility index (Phi) is 7.30. The largest absolute Gasteiger partial charge is 0.497 e. The summed E-state index contributed by atoms with van der Waals surface area (Å²) >= 11 is 5.87. The number of halogens is 1. The highest BCUT2D eigenvalue weighted by Crippen LogP contribution is 2.23. The minimum Gasteiger partial charge on any atom is -0.497 e. The van der Waals surface area contributed by atoms with E-state index < -0.39 is 0 Å². The first kappa shape index (κ1) is 21.6. The second kappa shape index (κ2) is 10.1. The van der Waals surface area contributed by atoms with Gasteiger partial charge in [-0.3, -0.25) is 9.59 Å². The smallest absolute Gasteiger partial charge is 0.253 e. The van der Waals surface area contributed by atoms with E-state index in [0.29, 0.717) is 48.0 Å². The SMILES string of the molecule is COc1ccc(/C=N\NC(=O)C2CCN(C(=O)c3ccc(Cl)cc3)CC2)c(OC)c1. The van der Waals surface area contributed by atoms with E-state index >= 15 is 0 Å². The summed E-state index contributed by atoms with van der Waals surface area (Å²) in [6.07, 6.45) is 2.72. The predicted molar refractivity (Wildman–Crippen MR) is 115 cm³/mol. The summed E-state index contributed by atoms with van der Waals surface area (Å²) in [6, 6.07) is 12.2. The summed E-state index contributed by atoms with van der Waals surface area (Å²) in [6.45, 7) is 1.05. The Morgan fingerprint density at radius 1 is 1.10 bits per heavy atom. The lowest BCUT2D eigenvalue weighted by atomic mass is 9.95. The van der Waals surface area contributed by atoms with Crippen molar-refractivity contribution < 1.29 is 19.1 Å². The number of piperidine rings is 1. The second-order valence-corrected chi connectivity index (χ2v) is 7.35. The standard InChI is InChI=1S/C22H24ClN3O4/c1-29-19-8-5-17(20(13-19)30-2)14-24-25-21(27)15-9-11-26(12-10-15)22(28)16-3-6-18(23)7-4-16/h3-8,13-15H,9-12H2,1-2H3,(H,25,27)/b24-14-. The molecule has 2 aromatic carbocycles. The van der Waals surface area contributed by atoms with Gasteiger partial charge in [0.2, 0.25) is 5.91 Å². The first-order chi connectivity index (χ1) is 14.5. The molecule has 1 heterocycles. The Morgan fingerprint density at radius 3 is 2.43 bits per heavy atom. The van der Waals surface area contributed by atoms with Gasteiger partial charge < -0.3 is 14.4 Å². The number of hydrazone groups is 1. The number of carbonyl (C=O) groups is 2. The van der Waals surface area contributed by atoms with E-state index in [-0.39, 0.29) is 17.7 Å². The van der Waals surface area contributed by atoms with Crippen LogP contribution in [0.25, 0.3) is 0 Å². The third kappa shape index (κ3) is 5.30. The Labute approximate surface area is 180 Å². The molecule has 2 aromatic rings. The van der Waals surface area contributed by atoms with E-state index in [9.17, 15) is 9.59 Å². The van der Waals surface area contributed by atoms with Crippen LogP contribution in [0, 0.1) is 5.92 Å². The Bertz CT molecular complexity index is 922. The van der Waals surface area contributed by atoms with Crippen LogP contribution in [0.3, 0.4) is 0 Å². The zero-order valence-corrected chi connectivity index (χ0v) is 17.7. The van der Waals surface area contributed by atoms with Crippen molar-refractivity contribution in [2.75, 3.05) is 27.3 Å². The topological polar surface area (TPSA) is 80.2 Å². The summed E-state index contributed by atoms with van der Waals surface area (Å²) < 4.78 is 10.5. The lowest BCUT2D eigenvalue weighted by molar-refractivity contribution is -0.126. The van der Waals surface area contributed by atoms with Gasteiger partial charge in [0.1, 0.15) is 11.5 Å². The molecule has 0 aliphatic carbocycles. The quantitative estimate of drug-likeness (QED) is 0.564. The zero-order chi connectivity index (χ0) is 21.5. The highest BCUT2D eigenvalue weighted by Gasteiger charge is 2.27. The lowest BCUT2D eigenvalue weighted by Crippen LogP contribution is -2.42. The summed E-state index contributed by atoms with van der Waals surface area (Å²) in [4.78, 5) is 26.8. The van der Waals surface area contributed by atoms with Gasteiger partial charge in [0.15, 0.2) is 0 Å². The van der Waals surface area contributed by atoms with Gasteiger partial charge >= 0.3 is 0 Å². The number of ether oxygens (including phenoxy) is 2. The fourth-order valence-corrected chi connectivity index (χ4v) is 3.43. The maximum absolute atomic E-state index is 12.6. The molecule has 8 heteroatoms. The van der Waals surface area contributed by atoms with Crippen LogP contribution in [0.5, 0.6) is 11.5 Å². The van der Waals surface area contributed by atoms with Crippen LogP contribution in [0.1, 0.15) is 28.8 Å². The molecule has 0 bridgehead atoms. The van der Waals surface area contributed by atoms with Crippen LogP contribution in [0.2, 0.25) is 5.02 Å². The Hall–Kier alpha value is -3.06. The monoisotopic (exact) mass is 429 g/mol. The minimum atomic E-state index is -0.186. The maximum Gasteiger partial charge on any atom is 0.253 e. The number of carbonyl (C=O) groups excluding carboxylic acids is 2. The highest BCUT2D eigenvalue weighted by atomic mass is 35.5. The van der Waals surface area contributed by atoms with Crippen molar-refractivity contribution in [3.63, 3.8) is 0 Å². The molecule has 1 fully saturated rings.